The molecule has 0 spiro atoms. The van der Waals surface area contributed by atoms with Crippen molar-refractivity contribution in [3.05, 3.63) is 77.1 Å². The highest BCUT2D eigenvalue weighted by Gasteiger charge is 2.30. The van der Waals surface area contributed by atoms with Gasteiger partial charge in [-0.3, -0.25) is 4.79 Å². The Morgan fingerprint density at radius 3 is 2.52 bits per heavy atom. The van der Waals surface area contributed by atoms with Gasteiger partial charge in [-0.15, -0.1) is 0 Å². The molecule has 3 aromatic rings. The summed E-state index contributed by atoms with van der Waals surface area (Å²) in [6.07, 6.45) is 2.28. The minimum Gasteiger partial charge on any atom is -0.486 e. The van der Waals surface area contributed by atoms with Gasteiger partial charge in [-0.2, -0.15) is 0 Å². The molecule has 2 aromatic carbocycles. The average Bonchev–Trinajstić information content (AvgIpc) is 3.21. The van der Waals surface area contributed by atoms with Crippen LogP contribution in [0.3, 0.4) is 0 Å². The maximum Gasteiger partial charge on any atom is 0.337 e. The van der Waals surface area contributed by atoms with E-state index in [1.807, 2.05) is 41.1 Å². The van der Waals surface area contributed by atoms with Crippen molar-refractivity contribution < 1.29 is 23.8 Å². The number of rotatable bonds is 2. The first-order chi connectivity index (χ1) is 14.2. The van der Waals surface area contributed by atoms with Gasteiger partial charge in [0.15, 0.2) is 17.3 Å². The number of ether oxygens (including phenoxy) is 3. The molecule has 0 aliphatic carbocycles. The zero-order chi connectivity index (χ0) is 20.0. The summed E-state index contributed by atoms with van der Waals surface area (Å²) in [6.45, 7) is 0.970. The molecular weight excluding hydrogens is 370 g/mol. The molecule has 6 nitrogen and oxygen atoms in total. The molecule has 5 rings (SSSR count). The highest BCUT2D eigenvalue weighted by atomic mass is 16.6. The summed E-state index contributed by atoms with van der Waals surface area (Å²) in [5.74, 6) is 0.800. The second-order valence-corrected chi connectivity index (χ2v) is 7.11. The summed E-state index contributed by atoms with van der Waals surface area (Å²) < 4.78 is 18.2. The lowest BCUT2D eigenvalue weighted by atomic mass is 9.89. The monoisotopic (exact) mass is 389 g/mol. The molecule has 1 atom stereocenters. The van der Waals surface area contributed by atoms with E-state index in [1.165, 1.54) is 7.11 Å². The predicted octanol–water partition coefficient (Wildman–Crippen LogP) is 3.75. The van der Waals surface area contributed by atoms with Crippen LogP contribution in [0.5, 0.6) is 11.5 Å². The SMILES string of the molecule is COC(=O)c1ccc([C@H]2CC(=O)c3cc4c(cc3-n3cccc32)OCCO4)cc1. The number of Topliss-reactive ketones (excluding diaryl/α,β-unsaturated/α-hetero) is 1. The molecule has 146 valence electrons. The molecule has 0 radical (unpaired) electrons. The number of ketones is 1. The fraction of sp³-hybridized carbons (Fsp3) is 0.217. The van der Waals surface area contributed by atoms with E-state index < -0.39 is 0 Å². The van der Waals surface area contributed by atoms with Crippen LogP contribution in [-0.2, 0) is 4.74 Å². The van der Waals surface area contributed by atoms with Gasteiger partial charge < -0.3 is 18.8 Å². The average molecular weight is 389 g/mol. The van der Waals surface area contributed by atoms with Crippen LogP contribution in [0, 0.1) is 0 Å². The smallest absolute Gasteiger partial charge is 0.337 e. The molecule has 29 heavy (non-hydrogen) atoms. The van der Waals surface area contributed by atoms with Crippen LogP contribution in [0.15, 0.2) is 54.7 Å². The molecule has 2 aliphatic rings. The maximum absolute atomic E-state index is 13.2. The number of fused-ring (bicyclic) bond motifs is 4. The van der Waals surface area contributed by atoms with Gasteiger partial charge in [-0.1, -0.05) is 12.1 Å². The molecule has 0 unspecified atom stereocenters. The molecule has 0 bridgehead atoms. The van der Waals surface area contributed by atoms with E-state index in [-0.39, 0.29) is 17.7 Å². The van der Waals surface area contributed by atoms with Crippen LogP contribution in [-0.4, -0.2) is 36.6 Å². The Kier molecular flexibility index (Phi) is 4.12. The van der Waals surface area contributed by atoms with Crippen LogP contribution in [0.2, 0.25) is 0 Å². The molecule has 6 heteroatoms. The molecule has 0 N–H and O–H groups in total. The van der Waals surface area contributed by atoms with Gasteiger partial charge in [0.25, 0.3) is 0 Å². The highest BCUT2D eigenvalue weighted by molar-refractivity contribution is 6.01. The van der Waals surface area contributed by atoms with Crippen molar-refractivity contribution in [2.24, 2.45) is 0 Å². The summed E-state index contributed by atoms with van der Waals surface area (Å²) in [5.41, 5.74) is 3.89. The highest BCUT2D eigenvalue weighted by Crippen LogP contribution is 2.41. The lowest BCUT2D eigenvalue weighted by Gasteiger charge is -2.21. The summed E-state index contributed by atoms with van der Waals surface area (Å²) in [7, 11) is 1.36. The molecule has 0 saturated heterocycles. The molecular formula is C23H19NO5. The van der Waals surface area contributed by atoms with Crippen molar-refractivity contribution in [2.45, 2.75) is 12.3 Å². The van der Waals surface area contributed by atoms with E-state index in [2.05, 4.69) is 0 Å². The minimum absolute atomic E-state index is 0.0442. The van der Waals surface area contributed by atoms with Crippen LogP contribution in [0.1, 0.15) is 44.3 Å². The maximum atomic E-state index is 13.2. The van der Waals surface area contributed by atoms with Gasteiger partial charge in [0.2, 0.25) is 0 Å². The largest absolute Gasteiger partial charge is 0.486 e. The fourth-order valence-electron chi connectivity index (χ4n) is 4.06. The van der Waals surface area contributed by atoms with E-state index in [9.17, 15) is 9.59 Å². The zero-order valence-electron chi connectivity index (χ0n) is 15.9. The van der Waals surface area contributed by atoms with E-state index >= 15 is 0 Å². The Morgan fingerprint density at radius 2 is 1.79 bits per heavy atom. The zero-order valence-corrected chi connectivity index (χ0v) is 15.9. The molecule has 0 amide bonds. The van der Waals surface area contributed by atoms with Gasteiger partial charge in [0, 0.05) is 35.9 Å². The topological polar surface area (TPSA) is 66.8 Å². The summed E-state index contributed by atoms with van der Waals surface area (Å²) >= 11 is 0. The molecule has 2 aliphatic heterocycles. The molecule has 3 heterocycles. The van der Waals surface area contributed by atoms with Gasteiger partial charge in [0.05, 0.1) is 18.4 Å². The van der Waals surface area contributed by atoms with Crippen LogP contribution in [0.25, 0.3) is 5.69 Å². The minimum atomic E-state index is -0.380. The lowest BCUT2D eigenvalue weighted by molar-refractivity contribution is 0.0600. The second-order valence-electron chi connectivity index (χ2n) is 7.11. The van der Waals surface area contributed by atoms with E-state index in [4.69, 9.17) is 14.2 Å². The Hall–Kier alpha value is -3.54. The quantitative estimate of drug-likeness (QED) is 0.625. The fourth-order valence-corrected chi connectivity index (χ4v) is 4.06. The van der Waals surface area contributed by atoms with Gasteiger partial charge in [-0.25, -0.2) is 4.79 Å². The molecule has 1 aromatic heterocycles. The van der Waals surface area contributed by atoms with Crippen molar-refractivity contribution in [2.75, 3.05) is 20.3 Å². The number of nitrogens with zero attached hydrogens (tertiary/aromatic N) is 1. The first-order valence-electron chi connectivity index (χ1n) is 9.48. The molecule has 0 fully saturated rings. The first kappa shape index (κ1) is 17.6. The van der Waals surface area contributed by atoms with Gasteiger partial charge in [0.1, 0.15) is 13.2 Å². The first-order valence-corrected chi connectivity index (χ1v) is 9.48. The van der Waals surface area contributed by atoms with Crippen molar-refractivity contribution in [1.82, 2.24) is 4.57 Å². The Balaban J connectivity index is 1.60. The molecule has 0 saturated carbocycles. The summed E-state index contributed by atoms with van der Waals surface area (Å²) in [4.78, 5) is 24.9. The standard InChI is InChI=1S/C23H19NO5/c1-27-23(26)15-6-4-14(5-7-15)16-11-20(25)17-12-21-22(29-10-9-28-21)13-19(17)24-8-2-3-18(16)24/h2-8,12-13,16H,9-11H2,1H3/t16-/m1/s1. The van der Waals surface area contributed by atoms with Crippen molar-refractivity contribution >= 4 is 11.8 Å². The van der Waals surface area contributed by atoms with Crippen LogP contribution >= 0.6 is 0 Å². The third-order valence-corrected chi connectivity index (χ3v) is 5.48. The van der Waals surface area contributed by atoms with Crippen molar-refractivity contribution in [1.29, 1.82) is 0 Å². The Labute approximate surface area is 167 Å². The number of esters is 1. The third kappa shape index (κ3) is 2.88. The number of carbonyl (C=O) groups excluding carboxylic acids is 2. The normalized spacial score (nSPS) is 17.1. The van der Waals surface area contributed by atoms with E-state index in [1.54, 1.807) is 18.2 Å². The summed E-state index contributed by atoms with van der Waals surface area (Å²) in [6, 6.07) is 14.9. The second kappa shape index (κ2) is 6.81. The summed E-state index contributed by atoms with van der Waals surface area (Å²) in [5, 5.41) is 0. The van der Waals surface area contributed by atoms with Gasteiger partial charge >= 0.3 is 5.97 Å². The number of hydrogen-bond acceptors (Lipinski definition) is 5. The number of methoxy groups -OCH3 is 1. The van der Waals surface area contributed by atoms with E-state index in [0.29, 0.717) is 42.3 Å². The number of aromatic nitrogens is 1. The number of hydrogen-bond donors (Lipinski definition) is 0. The Morgan fingerprint density at radius 1 is 1.07 bits per heavy atom. The third-order valence-electron chi connectivity index (χ3n) is 5.48. The Bertz CT molecular complexity index is 1110. The number of benzene rings is 2. The number of carbonyl (C=O) groups is 2. The van der Waals surface area contributed by atoms with Crippen molar-refractivity contribution in [3.8, 4) is 17.2 Å². The van der Waals surface area contributed by atoms with E-state index in [0.717, 1.165) is 16.9 Å². The van der Waals surface area contributed by atoms with Crippen molar-refractivity contribution in [3.63, 3.8) is 0 Å². The van der Waals surface area contributed by atoms with Crippen LogP contribution < -0.4 is 9.47 Å². The van der Waals surface area contributed by atoms with Crippen LogP contribution in [0.4, 0.5) is 0 Å². The lowest BCUT2D eigenvalue weighted by Crippen LogP contribution is -2.16. The predicted molar refractivity (Wildman–Crippen MR) is 105 cm³/mol. The van der Waals surface area contributed by atoms with Gasteiger partial charge in [-0.05, 0) is 35.9 Å².